The predicted molar refractivity (Wildman–Crippen MR) is 171 cm³/mol. The summed E-state index contributed by atoms with van der Waals surface area (Å²) in [6, 6.07) is 19.6. The number of carbonyl (C=O) groups is 1. The van der Waals surface area contributed by atoms with Gasteiger partial charge in [0.15, 0.2) is 4.96 Å². The topological polar surface area (TPSA) is 106 Å². The number of nitrogens with one attached hydrogen (secondary N) is 2. The third-order valence-corrected chi connectivity index (χ3v) is 8.44. The Kier molecular flexibility index (Phi) is 7.68. The largest absolute Gasteiger partial charge is 0.506 e. The molecule has 0 bridgehead atoms. The number of thiazole rings is 1. The first-order valence-electron chi connectivity index (χ1n) is 13.5. The van der Waals surface area contributed by atoms with Crippen LogP contribution >= 0.6 is 34.5 Å². The number of anilines is 1. The number of urea groups is 1. The summed E-state index contributed by atoms with van der Waals surface area (Å²) in [7, 11) is 0. The van der Waals surface area contributed by atoms with Gasteiger partial charge in [0.05, 0.1) is 44.4 Å². The zero-order valence-electron chi connectivity index (χ0n) is 23.6. The van der Waals surface area contributed by atoms with Crippen LogP contribution in [0.4, 0.5) is 10.6 Å². The predicted octanol–water partition coefficient (Wildman–Crippen LogP) is 8.24. The molecule has 3 N–H and O–H groups in total. The van der Waals surface area contributed by atoms with Crippen molar-refractivity contribution in [1.29, 1.82) is 0 Å². The molecule has 0 saturated carbocycles. The van der Waals surface area contributed by atoms with Crippen molar-refractivity contribution in [3.05, 3.63) is 94.9 Å². The van der Waals surface area contributed by atoms with Crippen LogP contribution in [0.3, 0.4) is 0 Å². The Labute approximate surface area is 261 Å². The molecule has 3 heterocycles. The number of fused-ring (bicyclic) bond motifs is 3. The number of halogens is 2. The monoisotopic (exact) mass is 634 g/mol. The summed E-state index contributed by atoms with van der Waals surface area (Å²) < 4.78 is 10.9. The molecule has 0 spiro atoms. The van der Waals surface area contributed by atoms with Crippen LogP contribution in [0.5, 0.6) is 17.2 Å². The van der Waals surface area contributed by atoms with Gasteiger partial charge >= 0.3 is 6.03 Å². The highest BCUT2D eigenvalue weighted by Gasteiger charge is 2.22. The molecule has 6 aromatic rings. The van der Waals surface area contributed by atoms with Crippen molar-refractivity contribution in [2.45, 2.75) is 38.6 Å². The van der Waals surface area contributed by atoms with Crippen LogP contribution in [-0.2, 0) is 17.8 Å². The summed E-state index contributed by atoms with van der Waals surface area (Å²) in [5, 5.41) is 20.6. The van der Waals surface area contributed by atoms with Crippen molar-refractivity contribution < 1.29 is 14.6 Å². The summed E-state index contributed by atoms with van der Waals surface area (Å²) in [5.41, 5.74) is 3.88. The number of aromatic nitrogens is 4. The molecule has 43 heavy (non-hydrogen) atoms. The summed E-state index contributed by atoms with van der Waals surface area (Å²) in [4.78, 5) is 18.4. The van der Waals surface area contributed by atoms with Gasteiger partial charge in [0.1, 0.15) is 23.1 Å². The first-order chi connectivity index (χ1) is 20.6. The van der Waals surface area contributed by atoms with E-state index in [-0.39, 0.29) is 22.7 Å². The number of benzene rings is 3. The second kappa shape index (κ2) is 11.4. The average molecular weight is 636 g/mol. The van der Waals surface area contributed by atoms with Crippen LogP contribution in [0.15, 0.2) is 72.9 Å². The van der Waals surface area contributed by atoms with Crippen LogP contribution in [0, 0.1) is 0 Å². The highest BCUT2D eigenvalue weighted by Crippen LogP contribution is 2.34. The molecule has 0 aliphatic rings. The van der Waals surface area contributed by atoms with Crippen molar-refractivity contribution in [1.82, 2.24) is 24.5 Å². The first-order valence-corrected chi connectivity index (χ1v) is 15.2. The van der Waals surface area contributed by atoms with Gasteiger partial charge in [0.2, 0.25) is 0 Å². The molecule has 0 atom stereocenters. The number of ether oxygens (including phenoxy) is 1. The summed E-state index contributed by atoms with van der Waals surface area (Å²) >= 11 is 13.8. The van der Waals surface area contributed by atoms with Crippen LogP contribution in [0.1, 0.15) is 37.7 Å². The number of aromatic hydroxyl groups is 1. The average Bonchev–Trinajstić information content (AvgIpc) is 3.67. The highest BCUT2D eigenvalue weighted by molar-refractivity contribution is 7.23. The molecule has 0 fully saturated rings. The minimum Gasteiger partial charge on any atom is -0.506 e. The lowest BCUT2D eigenvalue weighted by atomic mass is 9.92. The lowest BCUT2D eigenvalue weighted by Gasteiger charge is -2.14. The maximum absolute atomic E-state index is 13.1. The number of hydrogen-bond acceptors (Lipinski definition) is 6. The van der Waals surface area contributed by atoms with Gasteiger partial charge in [-0.05, 0) is 36.4 Å². The maximum atomic E-state index is 13.1. The Morgan fingerprint density at radius 1 is 1.09 bits per heavy atom. The van der Waals surface area contributed by atoms with E-state index in [1.165, 1.54) is 6.07 Å². The Balaban J connectivity index is 1.19. The molecule has 0 aliphatic carbocycles. The molecule has 2 amide bonds. The van der Waals surface area contributed by atoms with Gasteiger partial charge < -0.3 is 15.2 Å². The van der Waals surface area contributed by atoms with E-state index in [4.69, 9.17) is 33.0 Å². The number of alkyl halides is 1. The number of imidazole rings is 1. The third-order valence-electron chi connectivity index (χ3n) is 6.85. The molecular formula is C31H28Cl2N6O3S. The molecule has 6 rings (SSSR count). The van der Waals surface area contributed by atoms with Crippen molar-refractivity contribution >= 4 is 61.6 Å². The Bertz CT molecular complexity index is 1970. The van der Waals surface area contributed by atoms with E-state index in [1.807, 2.05) is 69.3 Å². The van der Waals surface area contributed by atoms with Crippen LogP contribution in [0.25, 0.3) is 20.9 Å². The Morgan fingerprint density at radius 2 is 1.91 bits per heavy atom. The van der Waals surface area contributed by atoms with E-state index in [0.29, 0.717) is 28.9 Å². The molecule has 0 saturated heterocycles. The normalized spacial score (nSPS) is 11.7. The van der Waals surface area contributed by atoms with E-state index in [1.54, 1.807) is 34.3 Å². The van der Waals surface area contributed by atoms with E-state index in [2.05, 4.69) is 20.0 Å². The molecule has 3 aromatic carbocycles. The summed E-state index contributed by atoms with van der Waals surface area (Å²) in [5.74, 6) is 2.11. The van der Waals surface area contributed by atoms with Crippen molar-refractivity contribution in [3.63, 3.8) is 0 Å². The third kappa shape index (κ3) is 5.86. The molecule has 0 unspecified atom stereocenters. The number of rotatable bonds is 7. The molecule has 9 nitrogen and oxygen atoms in total. The summed E-state index contributed by atoms with van der Waals surface area (Å²) in [6.07, 6.45) is 1.79. The zero-order valence-corrected chi connectivity index (χ0v) is 25.9. The number of phenolic OH excluding ortho intramolecular Hbond substituents is 1. The fraction of sp³-hybridized carbons (Fsp3) is 0.194. The summed E-state index contributed by atoms with van der Waals surface area (Å²) in [6.45, 7) is 6.34. The van der Waals surface area contributed by atoms with Gasteiger partial charge in [-0.3, -0.25) is 9.72 Å². The van der Waals surface area contributed by atoms with E-state index < -0.39 is 6.03 Å². The minimum absolute atomic E-state index is 0.0345. The SMILES string of the molecule is CC(C)(C)c1cc(NC(=O)NCc2ccccc2Oc2ccc3c(c2)sc2ncc(CCl)n23)n(-c2ccc(O)c(Cl)c2)n1. The Morgan fingerprint density at radius 3 is 2.67 bits per heavy atom. The second-order valence-electron chi connectivity index (χ2n) is 11.0. The second-order valence-corrected chi connectivity index (χ2v) is 12.6. The lowest BCUT2D eigenvalue weighted by Crippen LogP contribution is -2.29. The highest BCUT2D eigenvalue weighted by atomic mass is 35.5. The molecule has 12 heteroatoms. The first kappa shape index (κ1) is 28.9. The van der Waals surface area contributed by atoms with Crippen LogP contribution in [0.2, 0.25) is 5.02 Å². The fourth-order valence-corrected chi connectivity index (χ4v) is 6.00. The van der Waals surface area contributed by atoms with Crippen molar-refractivity contribution in [2.75, 3.05) is 5.32 Å². The quantitative estimate of drug-likeness (QED) is 0.153. The molecular weight excluding hydrogens is 607 g/mol. The number of carbonyl (C=O) groups excluding carboxylic acids is 1. The van der Waals surface area contributed by atoms with E-state index >= 15 is 0 Å². The number of hydrogen-bond donors (Lipinski definition) is 3. The Hall–Kier alpha value is -4.25. The standard InChI is InChI=1S/C31H28Cl2N6O3S/c1-31(2,3)27-14-28(39(37-27)19-8-11-24(40)22(33)12-19)36-29(41)34-16-18-6-4-5-7-25(18)42-21-9-10-23-26(13-21)43-30-35-17-20(15-32)38(23)30/h4-14,17,40H,15-16H2,1-3H3,(H2,34,36,41). The number of nitrogens with zero attached hydrogens (tertiary/aromatic N) is 4. The van der Waals surface area contributed by atoms with E-state index in [0.717, 1.165) is 32.1 Å². The van der Waals surface area contributed by atoms with Gasteiger partial charge in [-0.1, -0.05) is 61.9 Å². The molecule has 0 radical (unpaired) electrons. The van der Waals surface area contributed by atoms with E-state index in [9.17, 15) is 9.90 Å². The number of phenols is 1. The van der Waals surface area contributed by atoms with Gasteiger partial charge in [-0.25, -0.2) is 14.5 Å². The van der Waals surface area contributed by atoms with Crippen molar-refractivity contribution in [3.8, 4) is 22.9 Å². The fourth-order valence-electron chi connectivity index (χ4n) is 4.59. The van der Waals surface area contributed by atoms with Crippen LogP contribution < -0.4 is 15.4 Å². The van der Waals surface area contributed by atoms with Gasteiger partial charge in [-0.2, -0.15) is 5.10 Å². The minimum atomic E-state index is -0.417. The van der Waals surface area contributed by atoms with Gasteiger partial charge in [-0.15, -0.1) is 11.6 Å². The molecule has 3 aromatic heterocycles. The van der Waals surface area contributed by atoms with Crippen molar-refractivity contribution in [2.24, 2.45) is 0 Å². The number of amides is 2. The van der Waals surface area contributed by atoms with Gasteiger partial charge in [0.25, 0.3) is 0 Å². The molecule has 0 aliphatic heterocycles. The number of para-hydroxylation sites is 1. The van der Waals surface area contributed by atoms with Gasteiger partial charge in [0, 0.05) is 29.7 Å². The zero-order chi connectivity index (χ0) is 30.3. The molecule has 220 valence electrons. The van der Waals surface area contributed by atoms with Crippen LogP contribution in [-0.4, -0.2) is 30.3 Å². The maximum Gasteiger partial charge on any atom is 0.320 e. The lowest BCUT2D eigenvalue weighted by molar-refractivity contribution is 0.251. The smallest absolute Gasteiger partial charge is 0.320 e.